The van der Waals surface area contributed by atoms with Crippen molar-refractivity contribution >= 4 is 17.4 Å². The molecule has 1 aliphatic carbocycles. The lowest BCUT2D eigenvalue weighted by Gasteiger charge is -2.25. The zero-order valence-corrected chi connectivity index (χ0v) is 15.1. The number of aromatic hydroxyl groups is 1. The van der Waals surface area contributed by atoms with Gasteiger partial charge in [-0.15, -0.1) is 0 Å². The first kappa shape index (κ1) is 17.1. The zero-order valence-electron chi connectivity index (χ0n) is 15.1. The molecule has 0 saturated carbocycles. The fourth-order valence-electron chi connectivity index (χ4n) is 3.60. The van der Waals surface area contributed by atoms with E-state index in [4.69, 9.17) is 4.74 Å². The van der Waals surface area contributed by atoms with Gasteiger partial charge in [0.2, 0.25) is 0 Å². The zero-order chi connectivity index (χ0) is 18.8. The normalized spacial score (nSPS) is 15.6. The topological polar surface area (TPSA) is 46.5 Å². The highest BCUT2D eigenvalue weighted by atomic mass is 16.5. The monoisotopic (exact) mass is 356 g/mol. The van der Waals surface area contributed by atoms with Gasteiger partial charge in [0.15, 0.2) is 5.78 Å². The highest BCUT2D eigenvalue weighted by Gasteiger charge is 2.28. The van der Waals surface area contributed by atoms with Crippen LogP contribution in [0.1, 0.15) is 39.4 Å². The number of ether oxygens (including phenoxy) is 1. The quantitative estimate of drug-likeness (QED) is 0.644. The van der Waals surface area contributed by atoms with Crippen LogP contribution in [0, 0.1) is 0 Å². The summed E-state index contributed by atoms with van der Waals surface area (Å²) in [5.74, 6) is 0.802. The van der Waals surface area contributed by atoms with Crippen LogP contribution in [0.3, 0.4) is 0 Å². The summed E-state index contributed by atoms with van der Waals surface area (Å²) >= 11 is 0. The third-order valence-electron chi connectivity index (χ3n) is 5.05. The first-order valence-corrected chi connectivity index (χ1v) is 8.93. The van der Waals surface area contributed by atoms with Crippen LogP contribution < -0.4 is 4.74 Å². The SMILES string of the molecule is COc1ccc(C2=Cc3ccccc3C(C(=O)c3ccc(O)cc3)C2)cc1. The summed E-state index contributed by atoms with van der Waals surface area (Å²) in [6, 6.07) is 22.5. The van der Waals surface area contributed by atoms with Crippen LogP contribution >= 0.6 is 0 Å². The number of rotatable bonds is 4. The van der Waals surface area contributed by atoms with Crippen molar-refractivity contribution in [3.63, 3.8) is 0 Å². The molecule has 1 N–H and O–H groups in total. The molecule has 134 valence electrons. The Morgan fingerprint density at radius 1 is 0.963 bits per heavy atom. The summed E-state index contributed by atoms with van der Waals surface area (Å²) in [6.45, 7) is 0. The highest BCUT2D eigenvalue weighted by molar-refractivity contribution is 6.04. The van der Waals surface area contributed by atoms with Gasteiger partial charge in [-0.1, -0.05) is 42.5 Å². The fourth-order valence-corrected chi connectivity index (χ4v) is 3.60. The maximum Gasteiger partial charge on any atom is 0.170 e. The number of ketones is 1. The minimum atomic E-state index is -0.243. The molecule has 0 spiro atoms. The van der Waals surface area contributed by atoms with Gasteiger partial charge in [0.25, 0.3) is 0 Å². The molecule has 0 amide bonds. The molecule has 0 heterocycles. The maximum absolute atomic E-state index is 13.2. The summed E-state index contributed by atoms with van der Waals surface area (Å²) < 4.78 is 5.25. The number of phenols is 1. The Morgan fingerprint density at radius 2 is 1.67 bits per heavy atom. The van der Waals surface area contributed by atoms with E-state index in [2.05, 4.69) is 12.1 Å². The van der Waals surface area contributed by atoms with E-state index in [9.17, 15) is 9.90 Å². The van der Waals surface area contributed by atoms with Crippen molar-refractivity contribution in [1.82, 2.24) is 0 Å². The van der Waals surface area contributed by atoms with E-state index in [0.29, 0.717) is 12.0 Å². The second kappa shape index (κ2) is 7.12. The van der Waals surface area contributed by atoms with Crippen LogP contribution in [0.5, 0.6) is 11.5 Å². The molecule has 1 atom stereocenters. The molecule has 1 unspecified atom stereocenters. The van der Waals surface area contributed by atoms with Gasteiger partial charge in [-0.25, -0.2) is 0 Å². The molecule has 3 aromatic carbocycles. The largest absolute Gasteiger partial charge is 0.508 e. The van der Waals surface area contributed by atoms with E-state index in [0.717, 1.165) is 28.0 Å². The number of benzene rings is 3. The predicted molar refractivity (Wildman–Crippen MR) is 107 cm³/mol. The number of Topliss-reactive ketones (excluding diaryl/α,β-unsaturated/α-hetero) is 1. The molecule has 0 radical (unpaired) electrons. The van der Waals surface area contributed by atoms with E-state index < -0.39 is 0 Å². The Morgan fingerprint density at radius 3 is 2.37 bits per heavy atom. The van der Waals surface area contributed by atoms with Crippen LogP contribution in [0.4, 0.5) is 0 Å². The van der Waals surface area contributed by atoms with Gasteiger partial charge in [-0.2, -0.15) is 0 Å². The number of allylic oxidation sites excluding steroid dienone is 1. The molecule has 1 aliphatic rings. The van der Waals surface area contributed by atoms with E-state index in [1.165, 1.54) is 0 Å². The van der Waals surface area contributed by atoms with Gasteiger partial charge in [0.05, 0.1) is 13.0 Å². The Kier molecular flexibility index (Phi) is 4.51. The summed E-state index contributed by atoms with van der Waals surface area (Å²) in [5.41, 5.74) is 4.96. The fraction of sp³-hybridized carbons (Fsp3) is 0.125. The standard InChI is InChI=1S/C24H20O3/c1-27-21-12-8-16(9-13-21)19-14-18-4-2-3-5-22(18)23(15-19)24(26)17-6-10-20(25)11-7-17/h2-14,23,25H,15H2,1H3. The molecule has 3 heteroatoms. The Balaban J connectivity index is 1.73. The van der Waals surface area contributed by atoms with E-state index in [1.807, 2.05) is 42.5 Å². The Hall–Kier alpha value is -3.33. The molecule has 0 aliphatic heterocycles. The first-order valence-electron chi connectivity index (χ1n) is 8.93. The number of hydrogen-bond acceptors (Lipinski definition) is 3. The van der Waals surface area contributed by atoms with Crippen LogP contribution in [-0.2, 0) is 0 Å². The van der Waals surface area contributed by atoms with Crippen LogP contribution in [0.15, 0.2) is 72.8 Å². The smallest absolute Gasteiger partial charge is 0.170 e. The van der Waals surface area contributed by atoms with Gasteiger partial charge in [0.1, 0.15) is 11.5 Å². The second-order valence-corrected chi connectivity index (χ2v) is 6.69. The van der Waals surface area contributed by atoms with Crippen molar-refractivity contribution in [1.29, 1.82) is 0 Å². The molecular weight excluding hydrogens is 336 g/mol. The molecule has 27 heavy (non-hydrogen) atoms. The van der Waals surface area contributed by atoms with Gasteiger partial charge < -0.3 is 9.84 Å². The van der Waals surface area contributed by atoms with E-state index in [-0.39, 0.29) is 17.5 Å². The third-order valence-corrected chi connectivity index (χ3v) is 5.05. The van der Waals surface area contributed by atoms with Crippen molar-refractivity contribution in [3.8, 4) is 11.5 Å². The number of carbonyl (C=O) groups excluding carboxylic acids is 1. The molecule has 0 aromatic heterocycles. The van der Waals surface area contributed by atoms with Crippen molar-refractivity contribution in [2.45, 2.75) is 12.3 Å². The lowest BCUT2D eigenvalue weighted by Crippen LogP contribution is -2.17. The van der Waals surface area contributed by atoms with Crippen LogP contribution in [-0.4, -0.2) is 18.0 Å². The Bertz CT molecular complexity index is 999. The number of carbonyl (C=O) groups is 1. The van der Waals surface area contributed by atoms with Crippen molar-refractivity contribution in [2.24, 2.45) is 0 Å². The molecule has 0 saturated heterocycles. The van der Waals surface area contributed by atoms with Crippen molar-refractivity contribution in [2.75, 3.05) is 7.11 Å². The minimum absolute atomic E-state index is 0.0709. The molecular formula is C24H20O3. The molecule has 0 bridgehead atoms. The summed E-state index contributed by atoms with van der Waals surface area (Å²) in [7, 11) is 1.65. The van der Waals surface area contributed by atoms with Crippen molar-refractivity contribution in [3.05, 3.63) is 95.1 Å². The number of hydrogen-bond donors (Lipinski definition) is 1. The Labute approximate surface area is 158 Å². The van der Waals surface area contributed by atoms with Gasteiger partial charge in [0, 0.05) is 5.56 Å². The van der Waals surface area contributed by atoms with Crippen LogP contribution in [0.25, 0.3) is 11.6 Å². The molecule has 0 fully saturated rings. The second-order valence-electron chi connectivity index (χ2n) is 6.69. The minimum Gasteiger partial charge on any atom is -0.508 e. The number of phenolic OH excluding ortho intramolecular Hbond substituents is 1. The van der Waals surface area contributed by atoms with Crippen molar-refractivity contribution < 1.29 is 14.6 Å². The molecule has 3 nitrogen and oxygen atoms in total. The first-order chi connectivity index (χ1) is 13.2. The van der Waals surface area contributed by atoms with E-state index >= 15 is 0 Å². The summed E-state index contributed by atoms with van der Waals surface area (Å²) in [6.07, 6.45) is 2.81. The average Bonchev–Trinajstić information content (AvgIpc) is 2.73. The molecule has 3 aromatic rings. The lowest BCUT2D eigenvalue weighted by atomic mass is 9.77. The number of fused-ring (bicyclic) bond motifs is 1. The van der Waals surface area contributed by atoms with Crippen LogP contribution in [0.2, 0.25) is 0 Å². The van der Waals surface area contributed by atoms with Gasteiger partial charge >= 0.3 is 0 Å². The van der Waals surface area contributed by atoms with Gasteiger partial charge in [-0.05, 0) is 65.1 Å². The summed E-state index contributed by atoms with van der Waals surface area (Å²) in [4.78, 5) is 13.2. The van der Waals surface area contributed by atoms with Gasteiger partial charge in [-0.3, -0.25) is 4.79 Å². The average molecular weight is 356 g/mol. The third kappa shape index (κ3) is 3.36. The summed E-state index contributed by atoms with van der Waals surface area (Å²) in [5, 5.41) is 9.51. The predicted octanol–water partition coefficient (Wildman–Crippen LogP) is 5.31. The van der Waals surface area contributed by atoms with E-state index in [1.54, 1.807) is 31.4 Å². The number of methoxy groups -OCH3 is 1. The highest BCUT2D eigenvalue weighted by Crippen LogP contribution is 2.40. The maximum atomic E-state index is 13.2. The lowest BCUT2D eigenvalue weighted by molar-refractivity contribution is 0.0960. The molecule has 4 rings (SSSR count).